The minimum absolute atomic E-state index is 0.0427. The molecule has 0 unspecified atom stereocenters. The van der Waals surface area contributed by atoms with Crippen LogP contribution in [-0.2, 0) is 9.53 Å². The summed E-state index contributed by atoms with van der Waals surface area (Å²) in [5.74, 6) is -0.518. The number of piperidine rings is 1. The standard InChI is InChI=1S/C20H22N2O3/c1-14-5-6-18(20(24)25-2)13-22(14)19(23)16-9-7-15(8-10-16)17-4-3-11-21-12-17/h3-4,7-12,14,18H,5-6,13H2,1-2H3/t14-,18+/m0/s1. The zero-order valence-electron chi connectivity index (χ0n) is 14.5. The molecule has 0 aliphatic carbocycles. The van der Waals surface area contributed by atoms with E-state index >= 15 is 0 Å². The van der Waals surface area contributed by atoms with E-state index in [-0.39, 0.29) is 23.8 Å². The number of pyridine rings is 1. The van der Waals surface area contributed by atoms with Gasteiger partial charge in [-0.3, -0.25) is 14.6 Å². The van der Waals surface area contributed by atoms with Crippen molar-refractivity contribution in [1.29, 1.82) is 0 Å². The fourth-order valence-electron chi connectivity index (χ4n) is 3.25. The first-order chi connectivity index (χ1) is 12.1. The Morgan fingerprint density at radius 2 is 1.88 bits per heavy atom. The molecule has 5 heteroatoms. The highest BCUT2D eigenvalue weighted by Crippen LogP contribution is 2.25. The van der Waals surface area contributed by atoms with Crippen molar-refractivity contribution in [1.82, 2.24) is 9.88 Å². The third kappa shape index (κ3) is 3.71. The van der Waals surface area contributed by atoms with Crippen molar-refractivity contribution >= 4 is 11.9 Å². The maximum atomic E-state index is 12.9. The van der Waals surface area contributed by atoms with E-state index in [1.165, 1.54) is 7.11 Å². The zero-order chi connectivity index (χ0) is 17.8. The first-order valence-electron chi connectivity index (χ1n) is 8.49. The Labute approximate surface area is 147 Å². The smallest absolute Gasteiger partial charge is 0.310 e. The van der Waals surface area contributed by atoms with Crippen LogP contribution in [0.5, 0.6) is 0 Å². The number of esters is 1. The molecule has 0 radical (unpaired) electrons. The first kappa shape index (κ1) is 17.1. The number of aromatic nitrogens is 1. The second-order valence-corrected chi connectivity index (χ2v) is 6.42. The highest BCUT2D eigenvalue weighted by Gasteiger charge is 2.33. The molecule has 0 spiro atoms. The molecule has 0 N–H and O–H groups in total. The van der Waals surface area contributed by atoms with Crippen molar-refractivity contribution in [2.75, 3.05) is 13.7 Å². The molecule has 1 aliphatic rings. The van der Waals surface area contributed by atoms with Crippen LogP contribution in [0.15, 0.2) is 48.8 Å². The van der Waals surface area contributed by atoms with Gasteiger partial charge >= 0.3 is 5.97 Å². The van der Waals surface area contributed by atoms with Crippen molar-refractivity contribution in [3.05, 3.63) is 54.4 Å². The van der Waals surface area contributed by atoms with Gasteiger partial charge in [0.05, 0.1) is 13.0 Å². The molecule has 130 valence electrons. The van der Waals surface area contributed by atoms with Crippen LogP contribution in [0.25, 0.3) is 11.1 Å². The molecule has 0 bridgehead atoms. The van der Waals surface area contributed by atoms with Gasteiger partial charge in [-0.1, -0.05) is 18.2 Å². The molecule has 1 aromatic carbocycles. The van der Waals surface area contributed by atoms with Crippen molar-refractivity contribution < 1.29 is 14.3 Å². The number of methoxy groups -OCH3 is 1. The Balaban J connectivity index is 1.76. The van der Waals surface area contributed by atoms with E-state index in [0.29, 0.717) is 12.1 Å². The number of hydrogen-bond acceptors (Lipinski definition) is 4. The summed E-state index contributed by atoms with van der Waals surface area (Å²) in [5.41, 5.74) is 2.66. The Morgan fingerprint density at radius 1 is 1.12 bits per heavy atom. The van der Waals surface area contributed by atoms with Gasteiger partial charge in [-0.25, -0.2) is 0 Å². The number of likely N-dealkylation sites (tertiary alicyclic amines) is 1. The van der Waals surface area contributed by atoms with Crippen LogP contribution in [0.2, 0.25) is 0 Å². The lowest BCUT2D eigenvalue weighted by atomic mass is 9.92. The average Bonchev–Trinajstić information content (AvgIpc) is 2.68. The fraction of sp³-hybridized carbons (Fsp3) is 0.350. The molecule has 25 heavy (non-hydrogen) atoms. The maximum Gasteiger partial charge on any atom is 0.310 e. The molecule has 1 aliphatic heterocycles. The quantitative estimate of drug-likeness (QED) is 0.807. The highest BCUT2D eigenvalue weighted by atomic mass is 16.5. The van der Waals surface area contributed by atoms with Crippen LogP contribution >= 0.6 is 0 Å². The van der Waals surface area contributed by atoms with Gasteiger partial charge in [-0.15, -0.1) is 0 Å². The molecule has 5 nitrogen and oxygen atoms in total. The number of nitrogens with zero attached hydrogens (tertiary/aromatic N) is 2. The lowest BCUT2D eigenvalue weighted by molar-refractivity contribution is -0.147. The predicted molar refractivity (Wildman–Crippen MR) is 94.9 cm³/mol. The molecule has 2 aromatic rings. The Morgan fingerprint density at radius 3 is 2.52 bits per heavy atom. The molecule has 0 saturated carbocycles. The van der Waals surface area contributed by atoms with Crippen LogP contribution in [0, 0.1) is 5.92 Å². The minimum atomic E-state index is -0.239. The second kappa shape index (κ2) is 7.47. The van der Waals surface area contributed by atoms with Crippen molar-refractivity contribution in [3.63, 3.8) is 0 Å². The van der Waals surface area contributed by atoms with Gasteiger partial charge in [0.25, 0.3) is 5.91 Å². The summed E-state index contributed by atoms with van der Waals surface area (Å²) in [6.45, 7) is 2.44. The lowest BCUT2D eigenvalue weighted by Crippen LogP contribution is -2.47. The molecular formula is C20H22N2O3. The van der Waals surface area contributed by atoms with Gasteiger partial charge in [0.15, 0.2) is 0 Å². The topological polar surface area (TPSA) is 59.5 Å². The van der Waals surface area contributed by atoms with E-state index < -0.39 is 0 Å². The SMILES string of the molecule is COC(=O)[C@@H]1CC[C@H](C)N(C(=O)c2ccc(-c3cccnc3)cc2)C1. The summed E-state index contributed by atoms with van der Waals surface area (Å²) in [4.78, 5) is 30.6. The van der Waals surface area contributed by atoms with E-state index in [0.717, 1.165) is 24.0 Å². The van der Waals surface area contributed by atoms with Crippen molar-refractivity contribution in [3.8, 4) is 11.1 Å². The molecule has 2 atom stereocenters. The highest BCUT2D eigenvalue weighted by molar-refractivity contribution is 5.95. The number of ether oxygens (including phenoxy) is 1. The Hall–Kier alpha value is -2.69. The van der Waals surface area contributed by atoms with Crippen LogP contribution in [0.3, 0.4) is 0 Å². The van der Waals surface area contributed by atoms with E-state index in [9.17, 15) is 9.59 Å². The largest absolute Gasteiger partial charge is 0.469 e. The maximum absolute atomic E-state index is 12.9. The van der Waals surface area contributed by atoms with Gasteiger partial charge in [0.2, 0.25) is 0 Å². The van der Waals surface area contributed by atoms with Crippen molar-refractivity contribution in [2.24, 2.45) is 5.92 Å². The molecule has 1 fully saturated rings. The summed E-state index contributed by atoms with van der Waals surface area (Å²) in [6.07, 6.45) is 5.10. The van der Waals surface area contributed by atoms with Crippen LogP contribution in [0.1, 0.15) is 30.1 Å². The van der Waals surface area contributed by atoms with Crippen molar-refractivity contribution in [2.45, 2.75) is 25.8 Å². The van der Waals surface area contributed by atoms with Gasteiger partial charge < -0.3 is 9.64 Å². The monoisotopic (exact) mass is 338 g/mol. The molecule has 1 saturated heterocycles. The summed E-state index contributed by atoms with van der Waals surface area (Å²) in [6, 6.07) is 11.5. The van der Waals surface area contributed by atoms with Crippen LogP contribution in [0.4, 0.5) is 0 Å². The number of rotatable bonds is 3. The predicted octanol–water partition coefficient (Wildman–Crippen LogP) is 3.16. The van der Waals surface area contributed by atoms with E-state index in [1.54, 1.807) is 17.3 Å². The van der Waals surface area contributed by atoms with Gasteiger partial charge in [0, 0.05) is 30.5 Å². The third-order valence-corrected chi connectivity index (χ3v) is 4.80. The molecular weight excluding hydrogens is 316 g/mol. The Kier molecular flexibility index (Phi) is 5.12. The number of amides is 1. The van der Waals surface area contributed by atoms with Gasteiger partial charge in [-0.05, 0) is 49.1 Å². The fourth-order valence-corrected chi connectivity index (χ4v) is 3.25. The van der Waals surface area contributed by atoms with E-state index in [2.05, 4.69) is 4.98 Å². The van der Waals surface area contributed by atoms with E-state index in [4.69, 9.17) is 4.74 Å². The van der Waals surface area contributed by atoms with Crippen LogP contribution < -0.4 is 0 Å². The average molecular weight is 338 g/mol. The lowest BCUT2D eigenvalue weighted by Gasteiger charge is -2.37. The third-order valence-electron chi connectivity index (χ3n) is 4.80. The molecule has 2 heterocycles. The summed E-state index contributed by atoms with van der Waals surface area (Å²) >= 11 is 0. The van der Waals surface area contributed by atoms with E-state index in [1.807, 2.05) is 43.3 Å². The number of hydrogen-bond donors (Lipinski definition) is 0. The second-order valence-electron chi connectivity index (χ2n) is 6.42. The summed E-state index contributed by atoms with van der Waals surface area (Å²) in [5, 5.41) is 0. The first-order valence-corrected chi connectivity index (χ1v) is 8.49. The number of carbonyl (C=O) groups is 2. The molecule has 3 rings (SSSR count). The summed E-state index contributed by atoms with van der Waals surface area (Å²) < 4.78 is 4.84. The molecule has 1 aromatic heterocycles. The van der Waals surface area contributed by atoms with Gasteiger partial charge in [-0.2, -0.15) is 0 Å². The zero-order valence-corrected chi connectivity index (χ0v) is 14.5. The minimum Gasteiger partial charge on any atom is -0.469 e. The number of carbonyl (C=O) groups excluding carboxylic acids is 2. The summed E-state index contributed by atoms with van der Waals surface area (Å²) in [7, 11) is 1.39. The van der Waals surface area contributed by atoms with Crippen LogP contribution in [-0.4, -0.2) is 41.5 Å². The molecule has 1 amide bonds. The number of benzene rings is 1. The normalized spacial score (nSPS) is 20.2. The Bertz CT molecular complexity index is 743. The van der Waals surface area contributed by atoms with Gasteiger partial charge in [0.1, 0.15) is 0 Å².